The molecule has 101 valence electrons. The van der Waals surface area contributed by atoms with E-state index < -0.39 is 6.10 Å². The molecule has 2 rings (SSSR count). The predicted octanol–water partition coefficient (Wildman–Crippen LogP) is 5.67. The molecule has 0 aliphatic rings. The van der Waals surface area contributed by atoms with Gasteiger partial charge in [-0.2, -0.15) is 0 Å². The molecule has 0 aliphatic carbocycles. The lowest BCUT2D eigenvalue weighted by Gasteiger charge is -2.11. The van der Waals surface area contributed by atoms with Crippen molar-refractivity contribution >= 4 is 10.8 Å². The van der Waals surface area contributed by atoms with Gasteiger partial charge < -0.3 is 0 Å². The van der Waals surface area contributed by atoms with Crippen molar-refractivity contribution in [3.63, 3.8) is 0 Å². The highest BCUT2D eigenvalue weighted by Gasteiger charge is 2.12. The molecule has 1 radical (unpaired) electrons. The predicted molar refractivity (Wildman–Crippen MR) is 80.8 cm³/mol. The minimum Gasteiger partial charge on any atom is -0.228 e. The van der Waals surface area contributed by atoms with Crippen LogP contribution in [0.5, 0.6) is 0 Å². The van der Waals surface area contributed by atoms with Gasteiger partial charge in [-0.05, 0) is 22.8 Å². The molecular formula is C18H23O. The van der Waals surface area contributed by atoms with Crippen LogP contribution >= 0.6 is 0 Å². The van der Waals surface area contributed by atoms with Gasteiger partial charge in [0.05, 0.1) is 0 Å². The largest absolute Gasteiger partial charge is 0.228 e. The fourth-order valence-electron chi connectivity index (χ4n) is 2.62. The van der Waals surface area contributed by atoms with Crippen molar-refractivity contribution in [2.24, 2.45) is 0 Å². The molecule has 0 aromatic heterocycles. The first kappa shape index (κ1) is 14.1. The van der Waals surface area contributed by atoms with Gasteiger partial charge >= 0.3 is 0 Å². The van der Waals surface area contributed by atoms with Crippen molar-refractivity contribution < 1.29 is 5.11 Å². The molecule has 0 saturated heterocycles. The summed E-state index contributed by atoms with van der Waals surface area (Å²) < 4.78 is 0. The Labute approximate surface area is 116 Å². The first-order valence-corrected chi connectivity index (χ1v) is 7.46. The average molecular weight is 255 g/mol. The minimum atomic E-state index is -0.576. The van der Waals surface area contributed by atoms with E-state index in [1.807, 2.05) is 24.3 Å². The quantitative estimate of drug-likeness (QED) is 0.568. The smallest absolute Gasteiger partial charge is 0.119 e. The molecule has 0 amide bonds. The number of hydrogen-bond donors (Lipinski definition) is 0. The summed E-state index contributed by atoms with van der Waals surface area (Å²) in [7, 11) is 0. The molecule has 1 atom stereocenters. The lowest BCUT2D eigenvalue weighted by atomic mass is 9.97. The molecule has 0 heterocycles. The highest BCUT2D eigenvalue weighted by Crippen LogP contribution is 2.28. The van der Waals surface area contributed by atoms with E-state index in [0.717, 1.165) is 23.8 Å². The number of rotatable bonds is 7. The monoisotopic (exact) mass is 255 g/mol. The number of benzene rings is 2. The van der Waals surface area contributed by atoms with Crippen LogP contribution in [-0.2, 0) is 5.11 Å². The van der Waals surface area contributed by atoms with Gasteiger partial charge in [0.25, 0.3) is 0 Å². The molecule has 0 aliphatic heterocycles. The van der Waals surface area contributed by atoms with E-state index in [1.165, 1.54) is 31.1 Å². The van der Waals surface area contributed by atoms with Crippen molar-refractivity contribution in [2.75, 3.05) is 0 Å². The van der Waals surface area contributed by atoms with E-state index in [0.29, 0.717) is 0 Å². The maximum absolute atomic E-state index is 12.4. The Hall–Kier alpha value is -1.34. The van der Waals surface area contributed by atoms with Crippen molar-refractivity contribution in [1.82, 2.24) is 0 Å². The van der Waals surface area contributed by atoms with Gasteiger partial charge in [-0.3, -0.25) is 0 Å². The minimum absolute atomic E-state index is 0.576. The maximum atomic E-state index is 12.4. The van der Waals surface area contributed by atoms with Gasteiger partial charge in [-0.25, -0.2) is 5.11 Å². The van der Waals surface area contributed by atoms with Crippen molar-refractivity contribution in [2.45, 2.75) is 51.6 Å². The zero-order valence-electron chi connectivity index (χ0n) is 11.8. The lowest BCUT2D eigenvalue weighted by molar-refractivity contribution is 0.0798. The van der Waals surface area contributed by atoms with Gasteiger partial charge in [-0.15, -0.1) is 0 Å². The zero-order chi connectivity index (χ0) is 13.5. The molecule has 2 aromatic rings. The third-order valence-corrected chi connectivity index (χ3v) is 3.74. The highest BCUT2D eigenvalue weighted by molar-refractivity contribution is 5.85. The van der Waals surface area contributed by atoms with Crippen LogP contribution in [0.4, 0.5) is 0 Å². The maximum Gasteiger partial charge on any atom is 0.119 e. The Bertz CT molecular complexity index is 499. The van der Waals surface area contributed by atoms with E-state index in [4.69, 9.17) is 0 Å². The summed E-state index contributed by atoms with van der Waals surface area (Å²) in [6.07, 6.45) is 6.24. The Morgan fingerprint density at radius 1 is 0.895 bits per heavy atom. The molecule has 0 N–H and O–H groups in total. The fraction of sp³-hybridized carbons (Fsp3) is 0.444. The molecule has 0 bridgehead atoms. The number of fused-ring (bicyclic) bond motifs is 1. The Kier molecular flexibility index (Phi) is 5.41. The summed E-state index contributed by atoms with van der Waals surface area (Å²) in [6, 6.07) is 14.2. The molecule has 2 aromatic carbocycles. The third-order valence-electron chi connectivity index (χ3n) is 3.74. The van der Waals surface area contributed by atoms with Gasteiger partial charge in [-0.1, -0.05) is 81.5 Å². The third kappa shape index (κ3) is 3.81. The number of unbranched alkanes of at least 4 members (excludes halogenated alkanes) is 4. The molecule has 1 heteroatoms. The van der Waals surface area contributed by atoms with Crippen LogP contribution in [0.15, 0.2) is 42.5 Å². The molecule has 19 heavy (non-hydrogen) atoms. The van der Waals surface area contributed by atoms with Gasteiger partial charge in [0.15, 0.2) is 0 Å². The summed E-state index contributed by atoms with van der Waals surface area (Å²) in [5.41, 5.74) is 0.966. The van der Waals surface area contributed by atoms with Crippen LogP contribution in [0.3, 0.4) is 0 Å². The SMILES string of the molecule is CCCCCCCC([O])c1cccc2ccccc12. The Balaban J connectivity index is 1.99. The summed E-state index contributed by atoms with van der Waals surface area (Å²) in [5.74, 6) is 0. The van der Waals surface area contributed by atoms with E-state index in [1.54, 1.807) is 0 Å². The van der Waals surface area contributed by atoms with Crippen molar-refractivity contribution in [1.29, 1.82) is 0 Å². The Morgan fingerprint density at radius 3 is 2.47 bits per heavy atom. The summed E-state index contributed by atoms with van der Waals surface area (Å²) in [5, 5.41) is 14.7. The summed E-state index contributed by atoms with van der Waals surface area (Å²) in [6.45, 7) is 2.21. The summed E-state index contributed by atoms with van der Waals surface area (Å²) >= 11 is 0. The van der Waals surface area contributed by atoms with Crippen LogP contribution in [0.1, 0.15) is 57.1 Å². The second kappa shape index (κ2) is 7.30. The van der Waals surface area contributed by atoms with Gasteiger partial charge in [0.1, 0.15) is 6.10 Å². The highest BCUT2D eigenvalue weighted by atomic mass is 16.3. The topological polar surface area (TPSA) is 19.9 Å². The molecule has 0 saturated carbocycles. The number of hydrogen-bond acceptors (Lipinski definition) is 0. The standard InChI is InChI=1S/C18H23O/c1-2-3-4-5-6-14-18(19)17-13-9-11-15-10-7-8-12-16(15)17/h7-13,18H,2-6,14H2,1H3. The van der Waals surface area contributed by atoms with Gasteiger partial charge in [0, 0.05) is 0 Å². The van der Waals surface area contributed by atoms with E-state index >= 15 is 0 Å². The molecule has 1 unspecified atom stereocenters. The lowest BCUT2D eigenvalue weighted by Crippen LogP contribution is -1.97. The summed E-state index contributed by atoms with van der Waals surface area (Å²) in [4.78, 5) is 0. The molecule has 0 fully saturated rings. The Morgan fingerprint density at radius 2 is 1.63 bits per heavy atom. The van der Waals surface area contributed by atoms with Gasteiger partial charge in [0.2, 0.25) is 0 Å². The normalized spacial score (nSPS) is 12.7. The first-order valence-electron chi connectivity index (χ1n) is 7.46. The molecule has 0 spiro atoms. The van der Waals surface area contributed by atoms with Crippen molar-refractivity contribution in [3.8, 4) is 0 Å². The first-order chi connectivity index (χ1) is 9.33. The van der Waals surface area contributed by atoms with Crippen LogP contribution in [0.25, 0.3) is 10.8 Å². The van der Waals surface area contributed by atoms with E-state index in [2.05, 4.69) is 25.1 Å². The zero-order valence-corrected chi connectivity index (χ0v) is 11.8. The van der Waals surface area contributed by atoms with Crippen LogP contribution < -0.4 is 0 Å². The van der Waals surface area contributed by atoms with E-state index in [-0.39, 0.29) is 0 Å². The fourth-order valence-corrected chi connectivity index (χ4v) is 2.62. The van der Waals surface area contributed by atoms with Crippen LogP contribution in [0.2, 0.25) is 0 Å². The van der Waals surface area contributed by atoms with Crippen LogP contribution in [-0.4, -0.2) is 0 Å². The molecule has 1 nitrogen and oxygen atoms in total. The second-order valence-corrected chi connectivity index (χ2v) is 5.26. The molecular weight excluding hydrogens is 232 g/mol. The van der Waals surface area contributed by atoms with Crippen molar-refractivity contribution in [3.05, 3.63) is 48.0 Å². The van der Waals surface area contributed by atoms with Crippen LogP contribution in [0, 0.1) is 0 Å². The average Bonchev–Trinajstić information content (AvgIpc) is 2.46. The van der Waals surface area contributed by atoms with E-state index in [9.17, 15) is 5.11 Å². The second-order valence-electron chi connectivity index (χ2n) is 5.26.